The smallest absolute Gasteiger partial charge is 0.0557 e. The van der Waals surface area contributed by atoms with Gasteiger partial charge in [0.05, 0.1) is 13.2 Å². The van der Waals surface area contributed by atoms with Crippen LogP contribution >= 0.6 is 0 Å². The van der Waals surface area contributed by atoms with Gasteiger partial charge < -0.3 is 14.8 Å². The Balaban J connectivity index is 1.43. The zero-order valence-corrected chi connectivity index (χ0v) is 10.0. The molecule has 1 aliphatic heterocycles. The zero-order chi connectivity index (χ0) is 10.8. The second-order valence-corrected chi connectivity index (χ2v) is 5.92. The van der Waals surface area contributed by atoms with Crippen molar-refractivity contribution in [2.75, 3.05) is 33.0 Å². The Morgan fingerprint density at radius 3 is 2.75 bits per heavy atom. The Kier molecular flexibility index (Phi) is 3.18. The third-order valence-corrected chi connectivity index (χ3v) is 3.99. The first kappa shape index (κ1) is 11.0. The van der Waals surface area contributed by atoms with Gasteiger partial charge in [-0.15, -0.1) is 0 Å². The Morgan fingerprint density at radius 2 is 2.12 bits per heavy atom. The number of hydrogen-bond donors (Lipinski definition) is 1. The molecule has 0 aromatic heterocycles. The second-order valence-electron chi connectivity index (χ2n) is 5.92. The van der Waals surface area contributed by atoms with Gasteiger partial charge in [0.25, 0.3) is 0 Å². The summed E-state index contributed by atoms with van der Waals surface area (Å²) in [4.78, 5) is 0. The fourth-order valence-corrected chi connectivity index (χ4v) is 2.33. The van der Waals surface area contributed by atoms with Crippen LogP contribution in [0.15, 0.2) is 0 Å². The van der Waals surface area contributed by atoms with Crippen LogP contribution in [0.4, 0.5) is 0 Å². The molecule has 3 aliphatic rings. The predicted octanol–water partition coefficient (Wildman–Crippen LogP) is 1.57. The molecule has 3 nitrogen and oxygen atoms in total. The van der Waals surface area contributed by atoms with E-state index in [0.717, 1.165) is 51.4 Å². The van der Waals surface area contributed by atoms with Crippen LogP contribution in [0.5, 0.6) is 0 Å². The molecule has 1 N–H and O–H groups in total. The van der Waals surface area contributed by atoms with Crippen LogP contribution < -0.4 is 5.32 Å². The molecule has 3 rings (SSSR count). The molecule has 0 bridgehead atoms. The minimum atomic E-state index is 0.275. The summed E-state index contributed by atoms with van der Waals surface area (Å²) in [7, 11) is 0. The van der Waals surface area contributed by atoms with Crippen LogP contribution in [0, 0.1) is 11.3 Å². The highest BCUT2D eigenvalue weighted by Gasteiger charge is 2.37. The molecule has 3 heteroatoms. The van der Waals surface area contributed by atoms with E-state index in [0.29, 0.717) is 0 Å². The molecule has 1 heterocycles. The lowest BCUT2D eigenvalue weighted by molar-refractivity contribution is 0.0289. The zero-order valence-electron chi connectivity index (χ0n) is 10.0. The summed E-state index contributed by atoms with van der Waals surface area (Å²) < 4.78 is 11.4. The van der Waals surface area contributed by atoms with Gasteiger partial charge in [-0.25, -0.2) is 0 Å². The monoisotopic (exact) mass is 225 g/mol. The van der Waals surface area contributed by atoms with Gasteiger partial charge >= 0.3 is 0 Å². The first-order chi connectivity index (χ1) is 7.86. The SMILES string of the molecule is C1CC(CNC2CC2)(COCC2CC2)CO1. The van der Waals surface area contributed by atoms with Gasteiger partial charge in [-0.2, -0.15) is 0 Å². The maximum absolute atomic E-state index is 5.88. The Labute approximate surface area is 97.9 Å². The number of ether oxygens (including phenoxy) is 2. The van der Waals surface area contributed by atoms with E-state index in [9.17, 15) is 0 Å². The van der Waals surface area contributed by atoms with Gasteiger partial charge in [0.15, 0.2) is 0 Å². The molecule has 2 saturated carbocycles. The van der Waals surface area contributed by atoms with Gasteiger partial charge in [-0.3, -0.25) is 0 Å². The van der Waals surface area contributed by atoms with Crippen molar-refractivity contribution in [3.63, 3.8) is 0 Å². The lowest BCUT2D eigenvalue weighted by atomic mass is 9.88. The van der Waals surface area contributed by atoms with Crippen molar-refractivity contribution in [1.29, 1.82) is 0 Å². The van der Waals surface area contributed by atoms with Crippen LogP contribution in [0.2, 0.25) is 0 Å². The van der Waals surface area contributed by atoms with E-state index in [1.165, 1.54) is 25.7 Å². The van der Waals surface area contributed by atoms with Crippen LogP contribution in [-0.2, 0) is 9.47 Å². The molecule has 1 saturated heterocycles. The lowest BCUT2D eigenvalue weighted by Crippen LogP contribution is -2.39. The third-order valence-electron chi connectivity index (χ3n) is 3.99. The summed E-state index contributed by atoms with van der Waals surface area (Å²) >= 11 is 0. The van der Waals surface area contributed by atoms with Crippen molar-refractivity contribution in [2.24, 2.45) is 11.3 Å². The summed E-state index contributed by atoms with van der Waals surface area (Å²) in [6.07, 6.45) is 6.64. The van der Waals surface area contributed by atoms with E-state index in [-0.39, 0.29) is 5.41 Å². The predicted molar refractivity (Wildman–Crippen MR) is 62.4 cm³/mol. The second kappa shape index (κ2) is 4.63. The van der Waals surface area contributed by atoms with E-state index >= 15 is 0 Å². The van der Waals surface area contributed by atoms with Gasteiger partial charge in [-0.05, 0) is 38.0 Å². The Morgan fingerprint density at radius 1 is 1.25 bits per heavy atom. The molecule has 1 unspecified atom stereocenters. The number of hydrogen-bond acceptors (Lipinski definition) is 3. The van der Waals surface area contributed by atoms with Crippen LogP contribution in [0.3, 0.4) is 0 Å². The van der Waals surface area contributed by atoms with E-state index in [4.69, 9.17) is 9.47 Å². The summed E-state index contributed by atoms with van der Waals surface area (Å²) in [6.45, 7) is 4.76. The highest BCUT2D eigenvalue weighted by molar-refractivity contribution is 4.90. The molecular weight excluding hydrogens is 202 g/mol. The summed E-state index contributed by atoms with van der Waals surface area (Å²) in [5.74, 6) is 0.871. The fourth-order valence-electron chi connectivity index (χ4n) is 2.33. The van der Waals surface area contributed by atoms with Crippen molar-refractivity contribution < 1.29 is 9.47 Å². The third kappa shape index (κ3) is 2.96. The normalized spacial score (nSPS) is 34.5. The van der Waals surface area contributed by atoms with E-state index in [1.54, 1.807) is 0 Å². The number of nitrogens with one attached hydrogen (secondary N) is 1. The molecule has 2 aliphatic carbocycles. The van der Waals surface area contributed by atoms with E-state index < -0.39 is 0 Å². The van der Waals surface area contributed by atoms with Crippen LogP contribution in [0.1, 0.15) is 32.1 Å². The molecule has 16 heavy (non-hydrogen) atoms. The van der Waals surface area contributed by atoms with Crippen molar-refractivity contribution in [2.45, 2.75) is 38.1 Å². The molecule has 3 fully saturated rings. The van der Waals surface area contributed by atoms with Gasteiger partial charge in [-0.1, -0.05) is 0 Å². The maximum Gasteiger partial charge on any atom is 0.0557 e. The molecule has 0 aromatic carbocycles. The average Bonchev–Trinajstić information content (AvgIpc) is 3.19. The molecular formula is C13H23NO2. The topological polar surface area (TPSA) is 30.5 Å². The molecule has 0 spiro atoms. The molecule has 1 atom stereocenters. The van der Waals surface area contributed by atoms with Gasteiger partial charge in [0.2, 0.25) is 0 Å². The largest absolute Gasteiger partial charge is 0.381 e. The number of rotatable bonds is 7. The summed E-state index contributed by atoms with van der Waals surface area (Å²) in [6, 6.07) is 0.793. The Hall–Kier alpha value is -0.120. The van der Waals surface area contributed by atoms with Gasteiger partial charge in [0, 0.05) is 31.2 Å². The van der Waals surface area contributed by atoms with Crippen LogP contribution in [0.25, 0.3) is 0 Å². The standard InChI is InChI=1S/C13H23NO2/c1-2-11(1)7-16-10-13(5-6-15-9-13)8-14-12-3-4-12/h11-12,14H,1-10H2. The average molecular weight is 225 g/mol. The molecule has 0 amide bonds. The van der Waals surface area contributed by atoms with Crippen molar-refractivity contribution in [3.05, 3.63) is 0 Å². The van der Waals surface area contributed by atoms with Crippen LogP contribution in [-0.4, -0.2) is 39.0 Å². The highest BCUT2D eigenvalue weighted by Crippen LogP contribution is 2.33. The van der Waals surface area contributed by atoms with E-state index in [1.807, 2.05) is 0 Å². The first-order valence-electron chi connectivity index (χ1n) is 6.75. The highest BCUT2D eigenvalue weighted by atomic mass is 16.5. The summed E-state index contributed by atoms with van der Waals surface area (Å²) in [5, 5.41) is 3.63. The Bertz CT molecular complexity index is 230. The molecule has 0 radical (unpaired) electrons. The van der Waals surface area contributed by atoms with Crippen molar-refractivity contribution >= 4 is 0 Å². The first-order valence-corrected chi connectivity index (χ1v) is 6.75. The minimum absolute atomic E-state index is 0.275. The molecule has 92 valence electrons. The van der Waals surface area contributed by atoms with E-state index in [2.05, 4.69) is 5.32 Å². The van der Waals surface area contributed by atoms with Crippen molar-refractivity contribution in [3.8, 4) is 0 Å². The maximum atomic E-state index is 5.88. The van der Waals surface area contributed by atoms with Crippen molar-refractivity contribution in [1.82, 2.24) is 5.32 Å². The molecule has 0 aromatic rings. The lowest BCUT2D eigenvalue weighted by Gasteiger charge is -2.27. The van der Waals surface area contributed by atoms with Gasteiger partial charge in [0.1, 0.15) is 0 Å². The minimum Gasteiger partial charge on any atom is -0.381 e. The fraction of sp³-hybridized carbons (Fsp3) is 1.00. The summed E-state index contributed by atoms with van der Waals surface area (Å²) in [5.41, 5.74) is 0.275. The quantitative estimate of drug-likeness (QED) is 0.713.